The maximum Gasteiger partial charge on any atom is 0.341 e. The highest BCUT2D eigenvalue weighted by Crippen LogP contribution is 2.21. The van der Waals surface area contributed by atoms with E-state index in [1.54, 1.807) is 0 Å². The summed E-state index contributed by atoms with van der Waals surface area (Å²) in [5, 5.41) is 0. The molecular weight excluding hydrogens is 304 g/mol. The van der Waals surface area contributed by atoms with Gasteiger partial charge in [0.05, 0.1) is 18.9 Å². The number of hydrogen-bond donors (Lipinski definition) is 0. The van der Waals surface area contributed by atoms with Crippen molar-refractivity contribution in [3.63, 3.8) is 0 Å². The molecule has 0 N–H and O–H groups in total. The highest BCUT2D eigenvalue weighted by atomic mass is 28.5. The molecule has 1 heterocycles. The Bertz CT molecular complexity index is 277. The molecule has 0 radical (unpaired) electrons. The molecule has 7 heteroatoms. The van der Waals surface area contributed by atoms with Crippen LogP contribution < -0.4 is 0 Å². The Hall–Kier alpha value is 0.491. The van der Waals surface area contributed by atoms with E-state index in [9.17, 15) is 0 Å². The van der Waals surface area contributed by atoms with Crippen LogP contribution >= 0.6 is 0 Å². The highest BCUT2D eigenvalue weighted by Gasteiger charge is 2.41. The van der Waals surface area contributed by atoms with Crippen LogP contribution in [-0.2, 0) is 17.7 Å². The molecule has 1 saturated heterocycles. The molecule has 1 aliphatic rings. The standard InChI is InChI=1S/C13H32O4Si3/c1-18(2,3)16-20(7,17-19(4,5)6)12-14-11-13-9-8-10-15-13/h13H,8-12H2,1-7H3. The summed E-state index contributed by atoms with van der Waals surface area (Å²) in [5.41, 5.74) is 0. The van der Waals surface area contributed by atoms with Gasteiger partial charge in [-0.1, -0.05) is 0 Å². The average molecular weight is 337 g/mol. The first-order chi connectivity index (χ1) is 8.99. The van der Waals surface area contributed by atoms with E-state index in [0.717, 1.165) is 19.4 Å². The van der Waals surface area contributed by atoms with E-state index in [-0.39, 0.29) is 6.10 Å². The Morgan fingerprint density at radius 1 is 0.950 bits per heavy atom. The van der Waals surface area contributed by atoms with E-state index in [1.165, 1.54) is 0 Å². The van der Waals surface area contributed by atoms with Gasteiger partial charge in [-0.05, 0) is 58.7 Å². The molecule has 0 spiro atoms. The lowest BCUT2D eigenvalue weighted by Crippen LogP contribution is -2.56. The van der Waals surface area contributed by atoms with Gasteiger partial charge in [-0.3, -0.25) is 0 Å². The summed E-state index contributed by atoms with van der Waals surface area (Å²) in [7, 11) is -5.50. The number of ether oxygens (including phenoxy) is 2. The SMILES string of the molecule is C[Si](C)(C)O[Si](C)(COCC1CCCO1)O[Si](C)(C)C. The predicted molar refractivity (Wildman–Crippen MR) is 90.3 cm³/mol. The molecule has 120 valence electrons. The maximum atomic E-state index is 6.39. The third-order valence-electron chi connectivity index (χ3n) is 2.74. The van der Waals surface area contributed by atoms with E-state index in [0.29, 0.717) is 12.8 Å². The van der Waals surface area contributed by atoms with Crippen LogP contribution in [0.3, 0.4) is 0 Å². The molecule has 20 heavy (non-hydrogen) atoms. The van der Waals surface area contributed by atoms with Gasteiger partial charge in [-0.15, -0.1) is 0 Å². The van der Waals surface area contributed by atoms with Gasteiger partial charge < -0.3 is 17.7 Å². The van der Waals surface area contributed by atoms with E-state index in [4.69, 9.17) is 17.7 Å². The van der Waals surface area contributed by atoms with Gasteiger partial charge in [0.15, 0.2) is 16.6 Å². The second-order valence-electron chi connectivity index (χ2n) is 7.71. The van der Waals surface area contributed by atoms with Crippen molar-refractivity contribution >= 4 is 25.2 Å². The van der Waals surface area contributed by atoms with Crippen molar-refractivity contribution in [3.05, 3.63) is 0 Å². The maximum absolute atomic E-state index is 6.39. The van der Waals surface area contributed by atoms with Crippen LogP contribution in [0.25, 0.3) is 0 Å². The summed E-state index contributed by atoms with van der Waals surface area (Å²) in [6.45, 7) is 17.0. The summed E-state index contributed by atoms with van der Waals surface area (Å²) < 4.78 is 24.3. The van der Waals surface area contributed by atoms with Crippen molar-refractivity contribution in [2.24, 2.45) is 0 Å². The third-order valence-corrected chi connectivity index (χ3v) is 11.8. The summed E-state index contributed by atoms with van der Waals surface area (Å²) in [6, 6.07) is 0. The lowest BCUT2D eigenvalue weighted by Gasteiger charge is -2.38. The fraction of sp³-hybridized carbons (Fsp3) is 1.00. The second kappa shape index (κ2) is 7.17. The lowest BCUT2D eigenvalue weighted by molar-refractivity contribution is 0.0251. The van der Waals surface area contributed by atoms with Crippen LogP contribution in [0.1, 0.15) is 12.8 Å². The summed E-state index contributed by atoms with van der Waals surface area (Å²) in [5.74, 6) is 0. The molecule has 4 nitrogen and oxygen atoms in total. The normalized spacial score (nSPS) is 21.4. The van der Waals surface area contributed by atoms with Crippen LogP contribution in [0.4, 0.5) is 0 Å². The molecule has 0 bridgehead atoms. The molecule has 1 aliphatic heterocycles. The largest absolute Gasteiger partial charge is 0.435 e. The van der Waals surface area contributed by atoms with E-state index in [2.05, 4.69) is 45.8 Å². The van der Waals surface area contributed by atoms with Crippen molar-refractivity contribution in [1.29, 1.82) is 0 Å². The Morgan fingerprint density at radius 2 is 1.50 bits per heavy atom. The molecule has 0 saturated carbocycles. The van der Waals surface area contributed by atoms with Crippen molar-refractivity contribution < 1.29 is 17.7 Å². The monoisotopic (exact) mass is 336 g/mol. The van der Waals surface area contributed by atoms with Crippen molar-refractivity contribution in [2.45, 2.75) is 64.8 Å². The minimum Gasteiger partial charge on any atom is -0.435 e. The Labute approximate surface area is 127 Å². The molecular formula is C13H32O4Si3. The zero-order valence-electron chi connectivity index (χ0n) is 14.2. The van der Waals surface area contributed by atoms with Crippen LogP contribution in [0, 0.1) is 0 Å². The molecule has 1 rings (SSSR count). The molecule has 0 aliphatic carbocycles. The summed E-state index contributed by atoms with van der Waals surface area (Å²) in [6.07, 6.45) is 3.15. The zero-order valence-corrected chi connectivity index (χ0v) is 17.2. The first-order valence-electron chi connectivity index (χ1n) is 7.59. The predicted octanol–water partition coefficient (Wildman–Crippen LogP) is 3.50. The molecule has 0 aromatic heterocycles. The molecule has 0 aromatic rings. The van der Waals surface area contributed by atoms with Crippen LogP contribution in [-0.4, -0.2) is 50.7 Å². The van der Waals surface area contributed by atoms with Gasteiger partial charge in [0.25, 0.3) is 0 Å². The van der Waals surface area contributed by atoms with Gasteiger partial charge in [0.1, 0.15) is 0 Å². The van der Waals surface area contributed by atoms with Gasteiger partial charge in [-0.2, -0.15) is 0 Å². The van der Waals surface area contributed by atoms with Gasteiger partial charge in [-0.25, -0.2) is 0 Å². The van der Waals surface area contributed by atoms with Gasteiger partial charge >= 0.3 is 8.56 Å². The fourth-order valence-electron chi connectivity index (χ4n) is 2.53. The van der Waals surface area contributed by atoms with Crippen LogP contribution in [0.15, 0.2) is 0 Å². The fourth-order valence-corrected chi connectivity index (χ4v) is 14.4. The quantitative estimate of drug-likeness (QED) is 0.636. The Kier molecular flexibility index (Phi) is 6.64. The van der Waals surface area contributed by atoms with Crippen LogP contribution in [0.2, 0.25) is 45.8 Å². The summed E-state index contributed by atoms with van der Waals surface area (Å²) >= 11 is 0. The van der Waals surface area contributed by atoms with Crippen molar-refractivity contribution in [1.82, 2.24) is 0 Å². The number of rotatable bonds is 8. The topological polar surface area (TPSA) is 36.9 Å². The zero-order chi connectivity index (χ0) is 15.4. The first kappa shape index (κ1) is 18.5. The molecule has 0 aromatic carbocycles. The van der Waals surface area contributed by atoms with Crippen molar-refractivity contribution in [2.75, 3.05) is 19.4 Å². The van der Waals surface area contributed by atoms with E-state index in [1.807, 2.05) is 0 Å². The van der Waals surface area contributed by atoms with Gasteiger partial charge in [0, 0.05) is 6.61 Å². The smallest absolute Gasteiger partial charge is 0.341 e. The average Bonchev–Trinajstić information content (AvgIpc) is 2.63. The minimum absolute atomic E-state index is 0.270. The summed E-state index contributed by atoms with van der Waals surface area (Å²) in [4.78, 5) is 0. The van der Waals surface area contributed by atoms with Gasteiger partial charge in [0.2, 0.25) is 0 Å². The third kappa shape index (κ3) is 8.06. The molecule has 1 fully saturated rings. The molecule has 0 amide bonds. The lowest BCUT2D eigenvalue weighted by atomic mass is 10.2. The van der Waals surface area contributed by atoms with E-state index < -0.39 is 25.2 Å². The number of hydrogen-bond acceptors (Lipinski definition) is 4. The first-order valence-corrected chi connectivity index (χ1v) is 16.9. The highest BCUT2D eigenvalue weighted by molar-refractivity contribution is 6.87. The minimum atomic E-state index is -2.25. The van der Waals surface area contributed by atoms with Crippen LogP contribution in [0.5, 0.6) is 0 Å². The molecule has 1 unspecified atom stereocenters. The Morgan fingerprint density at radius 3 is 1.90 bits per heavy atom. The second-order valence-corrected chi connectivity index (χ2v) is 20.4. The molecule has 1 atom stereocenters. The van der Waals surface area contributed by atoms with E-state index >= 15 is 0 Å². The Balaban J connectivity index is 2.52. The van der Waals surface area contributed by atoms with Crippen molar-refractivity contribution in [3.8, 4) is 0 Å².